The Balaban J connectivity index is 1.38. The summed E-state index contributed by atoms with van der Waals surface area (Å²) in [5.41, 5.74) is 3.77. The molecule has 2 heteroatoms. The van der Waals surface area contributed by atoms with E-state index in [1.807, 2.05) is 30.3 Å². The number of carbonyl (C=O) groups is 1. The van der Waals surface area contributed by atoms with E-state index in [-0.39, 0.29) is 11.2 Å². The van der Waals surface area contributed by atoms with Gasteiger partial charge in [0, 0.05) is 17.4 Å². The van der Waals surface area contributed by atoms with Crippen molar-refractivity contribution < 1.29 is 4.79 Å². The molecule has 0 radical (unpaired) electrons. The quantitative estimate of drug-likeness (QED) is 0.486. The normalized spacial score (nSPS) is 16.4. The summed E-state index contributed by atoms with van der Waals surface area (Å²) in [6, 6.07) is 31.6. The van der Waals surface area contributed by atoms with E-state index in [1.165, 1.54) is 11.1 Å². The van der Waals surface area contributed by atoms with Crippen molar-refractivity contribution in [2.24, 2.45) is 0 Å². The lowest BCUT2D eigenvalue weighted by atomic mass is 9.68. The average molecular weight is 384 g/mol. The van der Waals surface area contributed by atoms with Gasteiger partial charge in [-0.25, -0.2) is 0 Å². The first-order valence-corrected chi connectivity index (χ1v) is 10.7. The van der Waals surface area contributed by atoms with Crippen LogP contribution in [0.4, 0.5) is 0 Å². The van der Waals surface area contributed by atoms with Gasteiger partial charge in [0.2, 0.25) is 0 Å². The van der Waals surface area contributed by atoms with Crippen LogP contribution in [0.5, 0.6) is 0 Å². The third kappa shape index (κ3) is 4.49. The maximum Gasteiger partial charge on any atom is 0.162 e. The molecule has 3 aromatic carbocycles. The molecule has 0 bridgehead atoms. The summed E-state index contributed by atoms with van der Waals surface area (Å²) in [6.07, 6.45) is 3.79. The van der Waals surface area contributed by atoms with Crippen LogP contribution in [-0.2, 0) is 5.41 Å². The van der Waals surface area contributed by atoms with Crippen LogP contribution in [0.3, 0.4) is 0 Å². The molecule has 4 rings (SSSR count). The van der Waals surface area contributed by atoms with Crippen LogP contribution in [-0.4, -0.2) is 30.3 Å². The molecule has 0 atom stereocenters. The van der Waals surface area contributed by atoms with Crippen molar-refractivity contribution in [3.05, 3.63) is 108 Å². The van der Waals surface area contributed by atoms with E-state index in [2.05, 4.69) is 65.6 Å². The molecule has 0 unspecified atom stereocenters. The molecule has 1 fully saturated rings. The lowest BCUT2D eigenvalue weighted by molar-refractivity contribution is 0.0970. The number of nitrogens with zero attached hydrogens (tertiary/aromatic N) is 1. The van der Waals surface area contributed by atoms with Crippen LogP contribution in [0.1, 0.15) is 47.2 Å². The first-order valence-electron chi connectivity index (χ1n) is 10.7. The Bertz CT molecular complexity index is 856. The van der Waals surface area contributed by atoms with Crippen LogP contribution in [0.25, 0.3) is 0 Å². The minimum atomic E-state index is 0.0961. The first-order chi connectivity index (χ1) is 14.3. The molecule has 0 aromatic heterocycles. The molecule has 1 saturated heterocycles. The van der Waals surface area contributed by atoms with Crippen molar-refractivity contribution in [3.63, 3.8) is 0 Å². The van der Waals surface area contributed by atoms with Gasteiger partial charge in [0.1, 0.15) is 0 Å². The summed E-state index contributed by atoms with van der Waals surface area (Å²) in [4.78, 5) is 14.9. The van der Waals surface area contributed by atoms with E-state index in [4.69, 9.17) is 0 Å². The predicted octanol–water partition coefficient (Wildman–Crippen LogP) is 5.73. The van der Waals surface area contributed by atoms with Gasteiger partial charge in [0.05, 0.1) is 0 Å². The summed E-state index contributed by atoms with van der Waals surface area (Å²) in [6.45, 7) is 3.14. The largest absolute Gasteiger partial charge is 0.303 e. The molecule has 2 nitrogen and oxygen atoms in total. The van der Waals surface area contributed by atoms with Gasteiger partial charge in [0.25, 0.3) is 0 Å². The summed E-state index contributed by atoms with van der Waals surface area (Å²) in [5, 5.41) is 0. The maximum atomic E-state index is 12.3. The minimum absolute atomic E-state index is 0.0961. The second-order valence-electron chi connectivity index (χ2n) is 8.05. The first kappa shape index (κ1) is 19.6. The monoisotopic (exact) mass is 383 g/mol. The molecule has 1 aliphatic rings. The third-order valence-corrected chi connectivity index (χ3v) is 6.34. The molecular formula is C27H29NO. The highest BCUT2D eigenvalue weighted by Crippen LogP contribution is 2.41. The molecule has 1 heterocycles. The zero-order chi connectivity index (χ0) is 19.9. The second kappa shape index (κ2) is 9.19. The van der Waals surface area contributed by atoms with Gasteiger partial charge in [-0.15, -0.1) is 0 Å². The van der Waals surface area contributed by atoms with E-state index in [0.29, 0.717) is 6.42 Å². The topological polar surface area (TPSA) is 20.3 Å². The molecule has 148 valence electrons. The fourth-order valence-electron chi connectivity index (χ4n) is 4.65. The zero-order valence-corrected chi connectivity index (χ0v) is 17.0. The molecule has 0 N–H and O–H groups in total. The number of hydrogen-bond acceptors (Lipinski definition) is 2. The molecular weight excluding hydrogens is 354 g/mol. The molecule has 1 aliphatic heterocycles. The number of likely N-dealkylation sites (tertiary alicyclic amines) is 1. The van der Waals surface area contributed by atoms with Gasteiger partial charge in [-0.1, -0.05) is 91.0 Å². The lowest BCUT2D eigenvalue weighted by Crippen LogP contribution is -2.43. The van der Waals surface area contributed by atoms with Crippen LogP contribution < -0.4 is 0 Å². The number of hydrogen-bond donors (Lipinski definition) is 0. The second-order valence-corrected chi connectivity index (χ2v) is 8.05. The lowest BCUT2D eigenvalue weighted by Gasteiger charge is -2.43. The highest BCUT2D eigenvalue weighted by Gasteiger charge is 2.37. The number of rotatable bonds is 7. The van der Waals surface area contributed by atoms with Crippen molar-refractivity contribution in [1.82, 2.24) is 4.90 Å². The van der Waals surface area contributed by atoms with E-state index in [1.54, 1.807) is 0 Å². The van der Waals surface area contributed by atoms with Crippen molar-refractivity contribution in [1.29, 1.82) is 0 Å². The van der Waals surface area contributed by atoms with Crippen LogP contribution in [0.15, 0.2) is 91.0 Å². The molecule has 0 saturated carbocycles. The minimum Gasteiger partial charge on any atom is -0.303 e. The number of carbonyl (C=O) groups excluding carboxylic acids is 1. The van der Waals surface area contributed by atoms with Crippen molar-refractivity contribution in [2.75, 3.05) is 19.6 Å². The smallest absolute Gasteiger partial charge is 0.162 e. The Morgan fingerprint density at radius 2 is 1.21 bits per heavy atom. The third-order valence-electron chi connectivity index (χ3n) is 6.34. The Morgan fingerprint density at radius 3 is 1.72 bits per heavy atom. The Kier molecular flexibility index (Phi) is 6.21. The molecule has 0 amide bonds. The van der Waals surface area contributed by atoms with Gasteiger partial charge in [-0.3, -0.25) is 4.79 Å². The Labute approximate surface area is 174 Å². The van der Waals surface area contributed by atoms with E-state index < -0.39 is 0 Å². The summed E-state index contributed by atoms with van der Waals surface area (Å²) < 4.78 is 0. The SMILES string of the molecule is O=C(CCCN1CCC(c2ccccc2)(c2ccccc2)CC1)c1ccccc1. The van der Waals surface area contributed by atoms with Gasteiger partial charge >= 0.3 is 0 Å². The van der Waals surface area contributed by atoms with Crippen molar-refractivity contribution >= 4 is 5.78 Å². The number of ketones is 1. The molecule has 29 heavy (non-hydrogen) atoms. The molecule has 0 aliphatic carbocycles. The molecule has 3 aromatic rings. The summed E-state index contributed by atoms with van der Waals surface area (Å²) >= 11 is 0. The van der Waals surface area contributed by atoms with E-state index in [0.717, 1.165) is 44.5 Å². The molecule has 0 spiro atoms. The fourth-order valence-corrected chi connectivity index (χ4v) is 4.65. The standard InChI is InChI=1S/C27H29NO/c29-26(23-11-4-1-5-12-23)17-10-20-28-21-18-27(19-22-28,24-13-6-2-7-14-24)25-15-8-3-9-16-25/h1-9,11-16H,10,17-22H2. The van der Waals surface area contributed by atoms with Gasteiger partial charge in [0.15, 0.2) is 5.78 Å². The van der Waals surface area contributed by atoms with Crippen molar-refractivity contribution in [3.8, 4) is 0 Å². The van der Waals surface area contributed by atoms with Crippen molar-refractivity contribution in [2.45, 2.75) is 31.1 Å². The highest BCUT2D eigenvalue weighted by atomic mass is 16.1. The van der Waals surface area contributed by atoms with Crippen LogP contribution >= 0.6 is 0 Å². The van der Waals surface area contributed by atoms with Gasteiger partial charge in [-0.05, 0) is 50.0 Å². The van der Waals surface area contributed by atoms with E-state index in [9.17, 15) is 4.79 Å². The maximum absolute atomic E-state index is 12.3. The number of benzene rings is 3. The van der Waals surface area contributed by atoms with Gasteiger partial charge < -0.3 is 4.90 Å². The average Bonchev–Trinajstić information content (AvgIpc) is 2.81. The highest BCUT2D eigenvalue weighted by molar-refractivity contribution is 5.95. The summed E-state index contributed by atoms with van der Waals surface area (Å²) in [7, 11) is 0. The number of piperidine rings is 1. The van der Waals surface area contributed by atoms with Crippen LogP contribution in [0, 0.1) is 0 Å². The summed E-state index contributed by atoms with van der Waals surface area (Å²) in [5.74, 6) is 0.255. The fraction of sp³-hybridized carbons (Fsp3) is 0.296. The van der Waals surface area contributed by atoms with Gasteiger partial charge in [-0.2, -0.15) is 0 Å². The van der Waals surface area contributed by atoms with E-state index >= 15 is 0 Å². The number of Topliss-reactive ketones (excluding diaryl/α,β-unsaturated/α-hetero) is 1. The predicted molar refractivity (Wildman–Crippen MR) is 119 cm³/mol. The Hall–Kier alpha value is -2.71. The van der Waals surface area contributed by atoms with Crippen LogP contribution in [0.2, 0.25) is 0 Å². The Morgan fingerprint density at radius 1 is 0.724 bits per heavy atom. The zero-order valence-electron chi connectivity index (χ0n) is 17.0.